The van der Waals surface area contributed by atoms with Gasteiger partial charge >= 0.3 is 0 Å². The summed E-state index contributed by atoms with van der Waals surface area (Å²) in [7, 11) is 0. The molecule has 2 rings (SSSR count). The second-order valence-electron chi connectivity index (χ2n) is 6.45. The minimum atomic E-state index is -0.0375. The van der Waals surface area contributed by atoms with Crippen molar-refractivity contribution in [1.29, 1.82) is 0 Å². The lowest BCUT2D eigenvalue weighted by Gasteiger charge is -2.36. The largest absolute Gasteiger partial charge is 0.379 e. The number of nitrogens with zero attached hydrogens (tertiary/aromatic N) is 1. The Hall–Kier alpha value is -1.65. The Morgan fingerprint density at radius 2 is 1.91 bits per heavy atom. The summed E-state index contributed by atoms with van der Waals surface area (Å²) in [5.41, 5.74) is 2.26. The average molecular weight is 316 g/mol. The highest BCUT2D eigenvalue weighted by Gasteiger charge is 2.23. The van der Waals surface area contributed by atoms with Gasteiger partial charge in [0, 0.05) is 31.8 Å². The molecule has 0 aliphatic carbocycles. The fourth-order valence-corrected chi connectivity index (χ4v) is 2.81. The van der Waals surface area contributed by atoms with Crippen LogP contribution in [0, 0.1) is 12.8 Å². The molecule has 1 atom stereocenters. The van der Waals surface area contributed by atoms with E-state index in [1.807, 2.05) is 30.3 Å². The second-order valence-corrected chi connectivity index (χ2v) is 6.45. The van der Waals surface area contributed by atoms with Gasteiger partial charge in [-0.3, -0.25) is 9.69 Å². The molecule has 0 spiro atoms. The molecule has 1 amide bonds. The number of carbonyl (C=O) groups excluding carboxylic acids is 1. The van der Waals surface area contributed by atoms with Crippen LogP contribution in [0.3, 0.4) is 0 Å². The lowest BCUT2D eigenvalue weighted by Crippen LogP contribution is -2.51. The summed E-state index contributed by atoms with van der Waals surface area (Å²) < 4.78 is 5.41. The van der Waals surface area contributed by atoms with E-state index in [0.29, 0.717) is 18.5 Å². The summed E-state index contributed by atoms with van der Waals surface area (Å²) >= 11 is 0. The normalized spacial score (nSPS) is 17.6. The number of benzene rings is 1. The molecule has 0 saturated carbocycles. The fourth-order valence-electron chi connectivity index (χ4n) is 2.81. The summed E-state index contributed by atoms with van der Waals surface area (Å²) in [6, 6.07) is 8.49. The lowest BCUT2D eigenvalue weighted by atomic mass is 10.0. The van der Waals surface area contributed by atoms with Crippen LogP contribution in [-0.4, -0.2) is 49.7 Å². The topological polar surface area (TPSA) is 41.6 Å². The maximum absolute atomic E-state index is 12.1. The third kappa shape index (κ3) is 5.81. The van der Waals surface area contributed by atoms with Crippen LogP contribution in [0.5, 0.6) is 0 Å². The Labute approximate surface area is 139 Å². The quantitative estimate of drug-likeness (QED) is 0.820. The van der Waals surface area contributed by atoms with E-state index < -0.39 is 0 Å². The first-order valence-corrected chi connectivity index (χ1v) is 8.40. The van der Waals surface area contributed by atoms with Gasteiger partial charge in [0.1, 0.15) is 0 Å². The van der Waals surface area contributed by atoms with Gasteiger partial charge in [-0.25, -0.2) is 0 Å². The van der Waals surface area contributed by atoms with Crippen LogP contribution in [0.1, 0.15) is 25.0 Å². The number of aryl methyl sites for hydroxylation is 1. The molecule has 1 aliphatic rings. The lowest BCUT2D eigenvalue weighted by molar-refractivity contribution is -0.116. The van der Waals surface area contributed by atoms with Crippen LogP contribution in [0.15, 0.2) is 30.3 Å². The Kier molecular flexibility index (Phi) is 6.81. The molecule has 23 heavy (non-hydrogen) atoms. The van der Waals surface area contributed by atoms with E-state index in [2.05, 4.69) is 31.0 Å². The van der Waals surface area contributed by atoms with E-state index in [1.54, 1.807) is 6.08 Å². The van der Waals surface area contributed by atoms with Crippen molar-refractivity contribution in [2.75, 3.05) is 32.8 Å². The van der Waals surface area contributed by atoms with Gasteiger partial charge in [-0.05, 0) is 24.5 Å². The highest BCUT2D eigenvalue weighted by molar-refractivity contribution is 5.91. The standard InChI is InChI=1S/C19H28N2O2/c1-15(2)18(21-10-12-23-13-11-21)14-20-19(22)9-8-17-6-4-16(3)5-7-17/h4-9,15,18H,10-14H2,1-3H3,(H,20,22)/b9-8+. The van der Waals surface area contributed by atoms with Crippen molar-refractivity contribution < 1.29 is 9.53 Å². The number of hydrogen-bond acceptors (Lipinski definition) is 3. The molecule has 0 radical (unpaired) electrons. The molecule has 1 saturated heterocycles. The maximum Gasteiger partial charge on any atom is 0.244 e. The number of morpholine rings is 1. The van der Waals surface area contributed by atoms with Gasteiger partial charge in [-0.1, -0.05) is 43.7 Å². The first-order chi connectivity index (χ1) is 11.1. The third-order valence-corrected chi connectivity index (χ3v) is 4.27. The molecule has 4 heteroatoms. The number of rotatable bonds is 6. The first kappa shape index (κ1) is 17.7. The average Bonchev–Trinajstić information content (AvgIpc) is 2.55. The van der Waals surface area contributed by atoms with Crippen LogP contribution in [0.25, 0.3) is 6.08 Å². The summed E-state index contributed by atoms with van der Waals surface area (Å²) in [4.78, 5) is 14.5. The van der Waals surface area contributed by atoms with E-state index in [9.17, 15) is 4.79 Å². The van der Waals surface area contributed by atoms with Gasteiger partial charge in [0.15, 0.2) is 0 Å². The highest BCUT2D eigenvalue weighted by Crippen LogP contribution is 2.12. The summed E-state index contributed by atoms with van der Waals surface area (Å²) in [5.74, 6) is 0.457. The van der Waals surface area contributed by atoms with Crippen molar-refractivity contribution in [2.45, 2.75) is 26.8 Å². The molecular formula is C19H28N2O2. The number of amides is 1. The molecule has 1 aromatic carbocycles. The second kappa shape index (κ2) is 8.85. The van der Waals surface area contributed by atoms with Crippen molar-refractivity contribution in [1.82, 2.24) is 10.2 Å². The Bertz CT molecular complexity index is 517. The van der Waals surface area contributed by atoms with E-state index in [1.165, 1.54) is 5.56 Å². The van der Waals surface area contributed by atoms with Crippen molar-refractivity contribution in [3.8, 4) is 0 Å². The van der Waals surface area contributed by atoms with Gasteiger partial charge in [-0.2, -0.15) is 0 Å². The predicted octanol–water partition coefficient (Wildman–Crippen LogP) is 2.48. The molecule has 4 nitrogen and oxygen atoms in total. The Morgan fingerprint density at radius 1 is 1.26 bits per heavy atom. The van der Waals surface area contributed by atoms with Gasteiger partial charge in [0.25, 0.3) is 0 Å². The third-order valence-electron chi connectivity index (χ3n) is 4.27. The monoisotopic (exact) mass is 316 g/mol. The minimum Gasteiger partial charge on any atom is -0.379 e. The first-order valence-electron chi connectivity index (χ1n) is 8.40. The smallest absolute Gasteiger partial charge is 0.244 e. The molecule has 1 heterocycles. The van der Waals surface area contributed by atoms with Gasteiger partial charge in [-0.15, -0.1) is 0 Å². The van der Waals surface area contributed by atoms with Crippen LogP contribution < -0.4 is 5.32 Å². The zero-order valence-corrected chi connectivity index (χ0v) is 14.4. The van der Waals surface area contributed by atoms with Crippen molar-refractivity contribution in [3.05, 3.63) is 41.5 Å². The molecule has 1 aliphatic heterocycles. The van der Waals surface area contributed by atoms with Gasteiger partial charge < -0.3 is 10.1 Å². The zero-order valence-electron chi connectivity index (χ0n) is 14.4. The number of carbonyl (C=O) groups is 1. The maximum atomic E-state index is 12.1. The van der Waals surface area contributed by atoms with Crippen LogP contribution in [0.2, 0.25) is 0 Å². The van der Waals surface area contributed by atoms with Crippen LogP contribution >= 0.6 is 0 Å². The van der Waals surface area contributed by atoms with Gasteiger partial charge in [0.05, 0.1) is 13.2 Å². The van der Waals surface area contributed by atoms with E-state index >= 15 is 0 Å². The van der Waals surface area contributed by atoms with E-state index in [0.717, 1.165) is 31.9 Å². The summed E-state index contributed by atoms with van der Waals surface area (Å²) in [6.45, 7) is 10.6. The molecule has 1 N–H and O–H groups in total. The SMILES string of the molecule is Cc1ccc(/C=C/C(=O)NCC(C(C)C)N2CCOCC2)cc1. The van der Waals surface area contributed by atoms with Crippen molar-refractivity contribution in [2.24, 2.45) is 5.92 Å². The summed E-state index contributed by atoms with van der Waals surface area (Å²) in [5, 5.41) is 3.03. The molecular weight excluding hydrogens is 288 g/mol. The molecule has 1 aromatic rings. The highest BCUT2D eigenvalue weighted by atomic mass is 16.5. The van der Waals surface area contributed by atoms with Gasteiger partial charge in [0.2, 0.25) is 5.91 Å². The molecule has 1 fully saturated rings. The molecule has 126 valence electrons. The minimum absolute atomic E-state index is 0.0375. The fraction of sp³-hybridized carbons (Fsp3) is 0.526. The van der Waals surface area contributed by atoms with E-state index in [4.69, 9.17) is 4.74 Å². The van der Waals surface area contributed by atoms with Crippen LogP contribution in [-0.2, 0) is 9.53 Å². The van der Waals surface area contributed by atoms with Crippen LogP contribution in [0.4, 0.5) is 0 Å². The van der Waals surface area contributed by atoms with E-state index in [-0.39, 0.29) is 5.91 Å². The molecule has 1 unspecified atom stereocenters. The number of nitrogens with one attached hydrogen (secondary N) is 1. The molecule has 0 aromatic heterocycles. The predicted molar refractivity (Wildman–Crippen MR) is 94.2 cm³/mol. The van der Waals surface area contributed by atoms with Crippen molar-refractivity contribution in [3.63, 3.8) is 0 Å². The Balaban J connectivity index is 1.84. The number of hydrogen-bond donors (Lipinski definition) is 1. The molecule has 0 bridgehead atoms. The number of ether oxygens (including phenoxy) is 1. The zero-order chi connectivity index (χ0) is 16.7. The van der Waals surface area contributed by atoms with Crippen molar-refractivity contribution >= 4 is 12.0 Å². The Morgan fingerprint density at radius 3 is 2.52 bits per heavy atom. The summed E-state index contributed by atoms with van der Waals surface area (Å²) in [6.07, 6.45) is 3.47.